The van der Waals surface area contributed by atoms with Crippen molar-refractivity contribution in [1.29, 1.82) is 5.26 Å². The highest BCUT2D eigenvalue weighted by atomic mass is 35.5. The molecule has 0 saturated carbocycles. The van der Waals surface area contributed by atoms with Gasteiger partial charge in [0.1, 0.15) is 47.4 Å². The molecule has 42 heavy (non-hydrogen) atoms. The van der Waals surface area contributed by atoms with E-state index in [0.717, 1.165) is 12.1 Å². The molecule has 0 bridgehead atoms. The molecule has 1 aromatic carbocycles. The Bertz CT molecular complexity index is 1520. The van der Waals surface area contributed by atoms with Crippen LogP contribution in [0.3, 0.4) is 0 Å². The second kappa shape index (κ2) is 11.3. The molecule has 11 nitrogen and oxygen atoms in total. The van der Waals surface area contributed by atoms with Crippen molar-refractivity contribution in [1.82, 2.24) is 20.0 Å². The van der Waals surface area contributed by atoms with Crippen LogP contribution in [0, 0.1) is 34.2 Å². The summed E-state index contributed by atoms with van der Waals surface area (Å²) in [7, 11) is 1.41. The van der Waals surface area contributed by atoms with E-state index in [-0.39, 0.29) is 27.4 Å². The normalized spacial score (nSPS) is 26.5. The number of methoxy groups -OCH3 is 1. The van der Waals surface area contributed by atoms with Crippen LogP contribution in [0.2, 0.25) is 5.02 Å². The Morgan fingerprint density at radius 3 is 2.55 bits per heavy atom. The average Bonchev–Trinajstić information content (AvgIpc) is 3.41. The van der Waals surface area contributed by atoms with Gasteiger partial charge in [0.2, 0.25) is 0 Å². The minimum absolute atomic E-state index is 0.0168. The summed E-state index contributed by atoms with van der Waals surface area (Å²) in [6.45, 7) is 2.13. The number of rotatable bonds is 7. The summed E-state index contributed by atoms with van der Waals surface area (Å²) in [6, 6.07) is 4.22. The van der Waals surface area contributed by atoms with E-state index in [0.29, 0.717) is 37.0 Å². The lowest BCUT2D eigenvalue weighted by Gasteiger charge is -2.55. The zero-order valence-electron chi connectivity index (χ0n) is 22.0. The highest BCUT2D eigenvalue weighted by molar-refractivity contribution is 8.00. The molecule has 0 radical (unpaired) electrons. The van der Waals surface area contributed by atoms with Crippen LogP contribution in [0.1, 0.15) is 11.7 Å². The van der Waals surface area contributed by atoms with E-state index in [9.17, 15) is 28.6 Å². The number of nitrogens with zero attached hydrogens (tertiary/aromatic N) is 6. The van der Waals surface area contributed by atoms with E-state index in [2.05, 4.69) is 15.3 Å². The van der Waals surface area contributed by atoms with Gasteiger partial charge in [0, 0.05) is 25.8 Å². The number of anilines is 1. The number of aliphatic hydroxyl groups is 2. The molecular formula is C26H24ClF3N6O5S. The van der Waals surface area contributed by atoms with Crippen molar-refractivity contribution in [2.75, 3.05) is 44.9 Å². The van der Waals surface area contributed by atoms with Gasteiger partial charge in [-0.15, -0.1) is 5.10 Å². The zero-order chi connectivity index (χ0) is 29.8. The Hall–Kier alpha value is -2.97. The van der Waals surface area contributed by atoms with E-state index >= 15 is 0 Å². The number of hydrogen-bond donors (Lipinski definition) is 2. The van der Waals surface area contributed by atoms with Crippen LogP contribution in [0.5, 0.6) is 0 Å². The molecule has 222 valence electrons. The SMILES string of the molecule is CO[C@H]1C(n2cc(-c3cc(F)c(F)c(F)c3)nn2)[C@@H](O)C(CO)O[C@@H]1Sc1cc(Cl)c(C#N)nc1N1CC2(COC2)C1. The zero-order valence-corrected chi connectivity index (χ0v) is 23.5. The third-order valence-corrected chi connectivity index (χ3v) is 9.09. The van der Waals surface area contributed by atoms with Gasteiger partial charge < -0.3 is 29.3 Å². The maximum Gasteiger partial charge on any atom is 0.194 e. The number of thioether (sulfide) groups is 1. The van der Waals surface area contributed by atoms with Crippen LogP contribution in [0.25, 0.3) is 11.3 Å². The van der Waals surface area contributed by atoms with Crippen LogP contribution >= 0.6 is 23.4 Å². The van der Waals surface area contributed by atoms with E-state index in [1.807, 2.05) is 11.0 Å². The number of nitriles is 1. The Morgan fingerprint density at radius 1 is 1.24 bits per heavy atom. The molecule has 3 saturated heterocycles. The molecule has 5 heterocycles. The summed E-state index contributed by atoms with van der Waals surface area (Å²) >= 11 is 7.55. The van der Waals surface area contributed by atoms with Gasteiger partial charge in [0.05, 0.1) is 41.4 Å². The molecular weight excluding hydrogens is 601 g/mol. The lowest BCUT2D eigenvalue weighted by molar-refractivity contribution is -0.186. The number of halogens is 4. The summed E-state index contributed by atoms with van der Waals surface area (Å²) in [5, 5.41) is 38.9. The second-order valence-corrected chi connectivity index (χ2v) is 12.0. The smallest absolute Gasteiger partial charge is 0.194 e. The molecule has 6 rings (SSSR count). The summed E-state index contributed by atoms with van der Waals surface area (Å²) in [4.78, 5) is 7.11. The van der Waals surface area contributed by atoms with Gasteiger partial charge in [0.25, 0.3) is 0 Å². The first-order valence-electron chi connectivity index (χ1n) is 12.8. The van der Waals surface area contributed by atoms with Gasteiger partial charge in [-0.3, -0.25) is 0 Å². The average molecular weight is 625 g/mol. The molecule has 2 aromatic heterocycles. The first-order chi connectivity index (χ1) is 20.2. The molecule has 3 fully saturated rings. The maximum atomic E-state index is 13.9. The van der Waals surface area contributed by atoms with Gasteiger partial charge in [0.15, 0.2) is 23.1 Å². The van der Waals surface area contributed by atoms with Crippen molar-refractivity contribution in [3.05, 3.63) is 52.6 Å². The number of aromatic nitrogens is 4. The van der Waals surface area contributed by atoms with Crippen LogP contribution in [-0.4, -0.2) is 94.0 Å². The molecule has 5 atom stereocenters. The number of hydrogen-bond acceptors (Lipinski definition) is 11. The minimum Gasteiger partial charge on any atom is -0.394 e. The van der Waals surface area contributed by atoms with Crippen LogP contribution in [0.15, 0.2) is 29.3 Å². The standard InChI is InChI=1S/C26H24ClF3N6O5S/c1-39-23-21(36-6-17(33-34-36)12-2-14(28)20(30)15(29)3-12)22(38)18(7-37)41-25(23)42-19-4-13(27)16(5-31)32-24(19)35-8-26(9-35)10-40-11-26/h2-4,6,18,21-23,25,37-38H,7-11H2,1H3/t18?,21?,22-,23-,25+/m0/s1. The molecule has 3 aliphatic heterocycles. The van der Waals surface area contributed by atoms with E-state index in [4.69, 9.17) is 25.8 Å². The molecule has 16 heteroatoms. The molecule has 0 amide bonds. The Labute approximate surface area is 246 Å². The summed E-state index contributed by atoms with van der Waals surface area (Å²) in [6.07, 6.45) is -1.96. The van der Waals surface area contributed by atoms with Gasteiger partial charge in [-0.2, -0.15) is 5.26 Å². The summed E-state index contributed by atoms with van der Waals surface area (Å²) < 4.78 is 59.7. The predicted octanol–water partition coefficient (Wildman–Crippen LogP) is 2.55. The first-order valence-corrected chi connectivity index (χ1v) is 14.1. The fourth-order valence-electron chi connectivity index (χ4n) is 5.43. The fraction of sp³-hybridized carbons (Fsp3) is 0.462. The maximum absolute atomic E-state index is 13.9. The highest BCUT2D eigenvalue weighted by Gasteiger charge is 2.51. The summed E-state index contributed by atoms with van der Waals surface area (Å²) in [5.74, 6) is -3.85. The van der Waals surface area contributed by atoms with Crippen molar-refractivity contribution in [3.8, 4) is 17.3 Å². The van der Waals surface area contributed by atoms with Crippen molar-refractivity contribution < 1.29 is 37.6 Å². The van der Waals surface area contributed by atoms with Gasteiger partial charge in [-0.1, -0.05) is 28.6 Å². The van der Waals surface area contributed by atoms with Crippen LogP contribution in [-0.2, 0) is 14.2 Å². The lowest BCUT2D eigenvalue weighted by Crippen LogP contribution is -2.66. The second-order valence-electron chi connectivity index (χ2n) is 10.5. The Kier molecular flexibility index (Phi) is 7.81. The van der Waals surface area contributed by atoms with Crippen molar-refractivity contribution in [2.24, 2.45) is 5.41 Å². The van der Waals surface area contributed by atoms with Gasteiger partial charge >= 0.3 is 0 Å². The largest absolute Gasteiger partial charge is 0.394 e. The topological polar surface area (TPSA) is 139 Å². The molecule has 2 unspecified atom stereocenters. The third kappa shape index (κ3) is 5.00. The van der Waals surface area contributed by atoms with Crippen molar-refractivity contribution >= 4 is 29.2 Å². The molecule has 3 aromatic rings. The van der Waals surface area contributed by atoms with E-state index in [1.54, 1.807) is 6.07 Å². The van der Waals surface area contributed by atoms with E-state index in [1.165, 1.54) is 29.8 Å². The number of aliphatic hydroxyl groups excluding tert-OH is 2. The third-order valence-electron chi connectivity index (χ3n) is 7.63. The van der Waals surface area contributed by atoms with Gasteiger partial charge in [-0.05, 0) is 18.2 Å². The molecule has 3 aliphatic rings. The predicted molar refractivity (Wildman–Crippen MR) is 142 cm³/mol. The minimum atomic E-state index is -1.61. The molecule has 0 aliphatic carbocycles. The van der Waals surface area contributed by atoms with Crippen molar-refractivity contribution in [3.63, 3.8) is 0 Å². The Morgan fingerprint density at radius 2 is 1.95 bits per heavy atom. The first kappa shape index (κ1) is 29.1. The fourth-order valence-corrected chi connectivity index (χ4v) is 7.01. The Balaban J connectivity index is 1.32. The van der Waals surface area contributed by atoms with Crippen molar-refractivity contribution in [2.45, 2.75) is 34.7 Å². The number of ether oxygens (including phenoxy) is 3. The van der Waals surface area contributed by atoms with Crippen LogP contribution < -0.4 is 4.90 Å². The number of pyridine rings is 1. The van der Waals surface area contributed by atoms with E-state index < -0.39 is 53.8 Å². The van der Waals surface area contributed by atoms with Crippen LogP contribution in [0.4, 0.5) is 19.0 Å². The molecule has 2 N–H and O–H groups in total. The number of benzene rings is 1. The molecule has 1 spiro atoms. The highest BCUT2D eigenvalue weighted by Crippen LogP contribution is 2.46. The van der Waals surface area contributed by atoms with Gasteiger partial charge in [-0.25, -0.2) is 22.8 Å². The monoisotopic (exact) mass is 624 g/mol. The summed E-state index contributed by atoms with van der Waals surface area (Å²) in [5.41, 5.74) is -0.765. The quantitative estimate of drug-likeness (QED) is 0.375. The lowest BCUT2D eigenvalue weighted by atomic mass is 9.78.